The Hall–Kier alpha value is -1.07. The molecule has 0 saturated heterocycles. The van der Waals surface area contributed by atoms with Crippen LogP contribution in [0.25, 0.3) is 0 Å². The normalized spacial score (nSPS) is 14.9. The highest BCUT2D eigenvalue weighted by Crippen LogP contribution is 2.08. The molecule has 1 rings (SSSR count). The average Bonchev–Trinajstić information content (AvgIpc) is 2.65. The second kappa shape index (κ2) is 6.61. The number of likely N-dealkylation sites (N-methyl/N-ethyl adjacent to an activating group) is 1. The van der Waals surface area contributed by atoms with E-state index in [2.05, 4.69) is 47.7 Å². The number of imidazole rings is 1. The molecule has 0 aromatic carbocycles. The molecule has 1 aromatic rings. The van der Waals surface area contributed by atoms with Gasteiger partial charge in [-0.15, -0.1) is 0 Å². The van der Waals surface area contributed by atoms with Gasteiger partial charge in [-0.05, 0) is 27.9 Å². The van der Waals surface area contributed by atoms with E-state index in [1.54, 1.807) is 7.11 Å². The SMILES string of the molecule is COCC(C)Nc1nccn1CC(C)N(C)C. The van der Waals surface area contributed by atoms with Crippen LogP contribution in [0.2, 0.25) is 0 Å². The zero-order chi connectivity index (χ0) is 12.8. The Kier molecular flexibility index (Phi) is 5.44. The molecule has 0 spiro atoms. The van der Waals surface area contributed by atoms with Crippen molar-refractivity contribution >= 4 is 5.95 Å². The van der Waals surface area contributed by atoms with Gasteiger partial charge in [0.25, 0.3) is 0 Å². The van der Waals surface area contributed by atoms with E-state index in [1.165, 1.54) is 0 Å². The lowest BCUT2D eigenvalue weighted by Crippen LogP contribution is -2.30. The van der Waals surface area contributed by atoms with Crippen molar-refractivity contribution in [3.05, 3.63) is 12.4 Å². The van der Waals surface area contributed by atoms with Crippen molar-refractivity contribution in [2.45, 2.75) is 32.5 Å². The second-order valence-electron chi connectivity index (χ2n) is 4.72. The van der Waals surface area contributed by atoms with E-state index in [9.17, 15) is 0 Å². The molecule has 0 saturated carbocycles. The predicted molar refractivity (Wildman–Crippen MR) is 70.3 cm³/mol. The molecule has 5 nitrogen and oxygen atoms in total. The maximum absolute atomic E-state index is 5.10. The zero-order valence-corrected chi connectivity index (χ0v) is 11.5. The van der Waals surface area contributed by atoms with Crippen LogP contribution in [0.5, 0.6) is 0 Å². The Bertz CT molecular complexity index is 324. The highest BCUT2D eigenvalue weighted by Gasteiger charge is 2.10. The molecule has 0 fully saturated rings. The third-order valence-electron chi connectivity index (χ3n) is 2.85. The minimum absolute atomic E-state index is 0.260. The summed E-state index contributed by atoms with van der Waals surface area (Å²) in [6, 6.07) is 0.735. The summed E-state index contributed by atoms with van der Waals surface area (Å²) in [7, 11) is 5.88. The molecule has 98 valence electrons. The summed E-state index contributed by atoms with van der Waals surface area (Å²) in [6.07, 6.45) is 3.83. The Morgan fingerprint density at radius 2 is 2.18 bits per heavy atom. The quantitative estimate of drug-likeness (QED) is 0.779. The summed E-state index contributed by atoms with van der Waals surface area (Å²) in [5, 5.41) is 3.34. The highest BCUT2D eigenvalue weighted by atomic mass is 16.5. The van der Waals surface area contributed by atoms with Crippen LogP contribution >= 0.6 is 0 Å². The first-order valence-electron chi connectivity index (χ1n) is 5.97. The van der Waals surface area contributed by atoms with Crippen molar-refractivity contribution < 1.29 is 4.74 Å². The van der Waals surface area contributed by atoms with E-state index in [1.807, 2.05) is 12.4 Å². The molecule has 1 N–H and O–H groups in total. The fourth-order valence-electron chi connectivity index (χ4n) is 1.56. The monoisotopic (exact) mass is 240 g/mol. The van der Waals surface area contributed by atoms with E-state index >= 15 is 0 Å². The van der Waals surface area contributed by atoms with Crippen LogP contribution in [0.4, 0.5) is 5.95 Å². The van der Waals surface area contributed by atoms with Crippen LogP contribution in [-0.4, -0.2) is 54.3 Å². The van der Waals surface area contributed by atoms with Gasteiger partial charge < -0.3 is 19.5 Å². The number of aromatic nitrogens is 2. The summed E-state index contributed by atoms with van der Waals surface area (Å²) in [5.74, 6) is 0.906. The summed E-state index contributed by atoms with van der Waals surface area (Å²) in [5.41, 5.74) is 0. The van der Waals surface area contributed by atoms with Gasteiger partial charge in [-0.25, -0.2) is 4.98 Å². The summed E-state index contributed by atoms with van der Waals surface area (Å²) in [4.78, 5) is 6.53. The molecule has 17 heavy (non-hydrogen) atoms. The first-order valence-corrected chi connectivity index (χ1v) is 5.97. The number of ether oxygens (including phenoxy) is 1. The van der Waals surface area contributed by atoms with Gasteiger partial charge in [-0.3, -0.25) is 0 Å². The van der Waals surface area contributed by atoms with Crippen LogP contribution in [0.1, 0.15) is 13.8 Å². The highest BCUT2D eigenvalue weighted by molar-refractivity contribution is 5.27. The summed E-state index contributed by atoms with van der Waals surface area (Å²) >= 11 is 0. The van der Waals surface area contributed by atoms with Crippen molar-refractivity contribution in [2.75, 3.05) is 33.1 Å². The number of methoxy groups -OCH3 is 1. The van der Waals surface area contributed by atoms with Crippen molar-refractivity contribution in [3.8, 4) is 0 Å². The molecule has 2 atom stereocenters. The molecule has 0 aliphatic heterocycles. The van der Waals surface area contributed by atoms with Gasteiger partial charge >= 0.3 is 0 Å². The molecule has 5 heteroatoms. The largest absolute Gasteiger partial charge is 0.383 e. The number of hydrogen-bond acceptors (Lipinski definition) is 4. The van der Waals surface area contributed by atoms with Gasteiger partial charge in [0, 0.05) is 38.1 Å². The molecule has 1 heterocycles. The van der Waals surface area contributed by atoms with Crippen LogP contribution in [0.3, 0.4) is 0 Å². The van der Waals surface area contributed by atoms with Crippen LogP contribution in [-0.2, 0) is 11.3 Å². The summed E-state index contributed by atoms with van der Waals surface area (Å²) in [6.45, 7) is 5.88. The van der Waals surface area contributed by atoms with Gasteiger partial charge in [0.1, 0.15) is 0 Å². The molecule has 0 amide bonds. The Morgan fingerprint density at radius 3 is 2.76 bits per heavy atom. The van der Waals surface area contributed by atoms with Gasteiger partial charge in [-0.1, -0.05) is 0 Å². The molecule has 2 unspecified atom stereocenters. The van der Waals surface area contributed by atoms with Gasteiger partial charge in [-0.2, -0.15) is 0 Å². The molecule has 0 aliphatic rings. The minimum atomic E-state index is 0.260. The Morgan fingerprint density at radius 1 is 1.47 bits per heavy atom. The number of nitrogens with zero attached hydrogens (tertiary/aromatic N) is 3. The zero-order valence-electron chi connectivity index (χ0n) is 11.5. The van der Waals surface area contributed by atoms with Crippen LogP contribution in [0.15, 0.2) is 12.4 Å². The number of rotatable bonds is 7. The summed E-state index contributed by atoms with van der Waals surface area (Å²) < 4.78 is 7.24. The number of nitrogens with one attached hydrogen (secondary N) is 1. The lowest BCUT2D eigenvalue weighted by atomic mass is 10.3. The van der Waals surface area contributed by atoms with E-state index in [0.717, 1.165) is 12.5 Å². The maximum Gasteiger partial charge on any atom is 0.203 e. The van der Waals surface area contributed by atoms with E-state index in [0.29, 0.717) is 12.6 Å². The van der Waals surface area contributed by atoms with E-state index < -0.39 is 0 Å². The maximum atomic E-state index is 5.10. The molecule has 0 radical (unpaired) electrons. The van der Waals surface area contributed by atoms with Crippen molar-refractivity contribution in [2.24, 2.45) is 0 Å². The van der Waals surface area contributed by atoms with Crippen LogP contribution in [0, 0.1) is 0 Å². The molecule has 0 bridgehead atoms. The van der Waals surface area contributed by atoms with E-state index in [4.69, 9.17) is 4.74 Å². The lowest BCUT2D eigenvalue weighted by Gasteiger charge is -2.22. The van der Waals surface area contributed by atoms with Gasteiger partial charge in [0.2, 0.25) is 5.95 Å². The third kappa shape index (κ3) is 4.36. The first kappa shape index (κ1) is 14.0. The standard InChI is InChI=1S/C12H24N4O/c1-10(9-17-5)14-12-13-6-7-16(12)8-11(2)15(3)4/h6-7,10-11H,8-9H2,1-5H3,(H,13,14). The third-order valence-corrected chi connectivity index (χ3v) is 2.85. The topological polar surface area (TPSA) is 42.3 Å². The molecule has 1 aromatic heterocycles. The van der Waals surface area contributed by atoms with Crippen LogP contribution < -0.4 is 5.32 Å². The Labute approximate surface area is 104 Å². The predicted octanol–water partition coefficient (Wildman–Crippen LogP) is 1.28. The fourth-order valence-corrected chi connectivity index (χ4v) is 1.56. The molecular weight excluding hydrogens is 216 g/mol. The number of hydrogen-bond donors (Lipinski definition) is 1. The Balaban J connectivity index is 2.59. The minimum Gasteiger partial charge on any atom is -0.383 e. The lowest BCUT2D eigenvalue weighted by molar-refractivity contribution is 0.190. The first-order chi connectivity index (χ1) is 8.04. The molecular formula is C12H24N4O. The van der Waals surface area contributed by atoms with Gasteiger partial charge in [0.15, 0.2) is 0 Å². The second-order valence-corrected chi connectivity index (χ2v) is 4.72. The average molecular weight is 240 g/mol. The van der Waals surface area contributed by atoms with Crippen molar-refractivity contribution in [3.63, 3.8) is 0 Å². The fraction of sp³-hybridized carbons (Fsp3) is 0.750. The smallest absolute Gasteiger partial charge is 0.203 e. The van der Waals surface area contributed by atoms with Gasteiger partial charge in [0.05, 0.1) is 6.61 Å². The van der Waals surface area contributed by atoms with E-state index in [-0.39, 0.29) is 6.04 Å². The molecule has 0 aliphatic carbocycles. The number of anilines is 1. The van der Waals surface area contributed by atoms with Crippen molar-refractivity contribution in [1.82, 2.24) is 14.5 Å². The van der Waals surface area contributed by atoms with Crippen molar-refractivity contribution in [1.29, 1.82) is 0 Å².